The van der Waals surface area contributed by atoms with Crippen molar-refractivity contribution in [2.24, 2.45) is 11.8 Å². The molecule has 0 heterocycles. The normalized spacial score (nSPS) is 14.1. The Hall–Kier alpha value is -1.94. The fourth-order valence-electron chi connectivity index (χ4n) is 11.3. The topological polar surface area (TPSA) is 237 Å². The molecule has 17 nitrogen and oxygen atoms in total. The Kier molecular flexibility index (Phi) is 64.6. The van der Waals surface area contributed by atoms with Crippen LogP contribution in [0, 0.1) is 11.8 Å². The van der Waals surface area contributed by atoms with Gasteiger partial charge in [0.05, 0.1) is 26.4 Å². The first kappa shape index (κ1) is 91.1. The first-order valence-corrected chi connectivity index (χ1v) is 41.5. The van der Waals surface area contributed by atoms with Gasteiger partial charge in [0.2, 0.25) is 0 Å². The smallest absolute Gasteiger partial charge is 0.462 e. The van der Waals surface area contributed by atoms with Gasteiger partial charge in [-0.3, -0.25) is 37.3 Å². The van der Waals surface area contributed by atoms with E-state index in [1.54, 1.807) is 0 Å². The molecule has 0 rings (SSSR count). The van der Waals surface area contributed by atoms with Gasteiger partial charge in [-0.15, -0.1) is 0 Å². The molecule has 2 unspecified atom stereocenters. The molecule has 0 amide bonds. The first-order chi connectivity index (χ1) is 44.9. The van der Waals surface area contributed by atoms with Crippen LogP contribution >= 0.6 is 15.6 Å². The van der Waals surface area contributed by atoms with Crippen molar-refractivity contribution in [2.45, 2.75) is 400 Å². The second kappa shape index (κ2) is 66.0. The number of phosphoric ester groups is 2. The molecule has 0 bridgehead atoms. The van der Waals surface area contributed by atoms with Gasteiger partial charge in [-0.1, -0.05) is 330 Å². The van der Waals surface area contributed by atoms with Gasteiger partial charge in [-0.2, -0.15) is 0 Å². The summed E-state index contributed by atoms with van der Waals surface area (Å²) in [5, 5.41) is 10.6. The number of esters is 4. The van der Waals surface area contributed by atoms with Crippen LogP contribution in [-0.2, 0) is 65.4 Å². The first-order valence-electron chi connectivity index (χ1n) is 38.5. The van der Waals surface area contributed by atoms with Crippen molar-refractivity contribution < 1.29 is 80.2 Å². The van der Waals surface area contributed by atoms with E-state index in [0.717, 1.165) is 108 Å². The van der Waals surface area contributed by atoms with Crippen LogP contribution in [0.5, 0.6) is 0 Å². The van der Waals surface area contributed by atoms with Crippen molar-refractivity contribution >= 4 is 39.5 Å². The number of rotatable bonds is 73. The van der Waals surface area contributed by atoms with Crippen molar-refractivity contribution in [3.8, 4) is 0 Å². The van der Waals surface area contributed by atoms with E-state index in [0.29, 0.717) is 25.7 Å². The van der Waals surface area contributed by atoms with E-state index in [2.05, 4.69) is 41.5 Å². The molecule has 0 aromatic heterocycles. The number of carbonyl (C=O) groups excluding carboxylic acids is 4. The van der Waals surface area contributed by atoms with Crippen molar-refractivity contribution in [1.29, 1.82) is 0 Å². The van der Waals surface area contributed by atoms with Crippen molar-refractivity contribution in [3.63, 3.8) is 0 Å². The van der Waals surface area contributed by atoms with Gasteiger partial charge in [0.25, 0.3) is 0 Å². The number of aliphatic hydroxyl groups excluding tert-OH is 1. The van der Waals surface area contributed by atoms with Crippen molar-refractivity contribution in [3.05, 3.63) is 0 Å². The second-order valence-electron chi connectivity index (χ2n) is 27.6. The molecule has 552 valence electrons. The predicted octanol–water partition coefficient (Wildman–Crippen LogP) is 21.6. The Bertz CT molecular complexity index is 1800. The molecule has 0 radical (unpaired) electrons. The van der Waals surface area contributed by atoms with E-state index in [1.165, 1.54) is 193 Å². The Balaban J connectivity index is 5.15. The maximum absolute atomic E-state index is 13.1. The van der Waals surface area contributed by atoms with Gasteiger partial charge < -0.3 is 33.8 Å². The summed E-state index contributed by atoms with van der Waals surface area (Å²) in [7, 11) is -9.90. The fourth-order valence-corrected chi connectivity index (χ4v) is 12.9. The summed E-state index contributed by atoms with van der Waals surface area (Å²) in [5.41, 5.74) is 0. The summed E-state index contributed by atoms with van der Waals surface area (Å²) in [6.45, 7) is 9.54. The lowest BCUT2D eigenvalue weighted by atomic mass is 10.0. The van der Waals surface area contributed by atoms with Crippen LogP contribution in [0.4, 0.5) is 0 Å². The van der Waals surface area contributed by atoms with Crippen molar-refractivity contribution in [1.82, 2.24) is 0 Å². The number of ether oxygens (including phenoxy) is 4. The average Bonchev–Trinajstić information content (AvgIpc) is 2.54. The minimum absolute atomic E-state index is 0.107. The molecular formula is C74H144O17P2. The zero-order valence-corrected chi connectivity index (χ0v) is 62.3. The third-order valence-corrected chi connectivity index (χ3v) is 19.1. The molecule has 0 aliphatic carbocycles. The van der Waals surface area contributed by atoms with Crippen LogP contribution in [-0.4, -0.2) is 96.7 Å². The number of hydrogen-bond donors (Lipinski definition) is 3. The van der Waals surface area contributed by atoms with Gasteiger partial charge in [-0.25, -0.2) is 9.13 Å². The Morgan fingerprint density at radius 1 is 0.290 bits per heavy atom. The van der Waals surface area contributed by atoms with Gasteiger partial charge >= 0.3 is 39.5 Å². The van der Waals surface area contributed by atoms with Crippen LogP contribution in [0.25, 0.3) is 0 Å². The predicted molar refractivity (Wildman–Crippen MR) is 377 cm³/mol. The van der Waals surface area contributed by atoms with E-state index in [4.69, 9.17) is 37.0 Å². The highest BCUT2D eigenvalue weighted by molar-refractivity contribution is 7.47. The summed E-state index contributed by atoms with van der Waals surface area (Å²) in [5.74, 6) is -0.542. The highest BCUT2D eigenvalue weighted by Gasteiger charge is 2.30. The third-order valence-electron chi connectivity index (χ3n) is 17.2. The number of carbonyl (C=O) groups is 4. The molecule has 0 aromatic rings. The zero-order valence-electron chi connectivity index (χ0n) is 60.6. The zero-order chi connectivity index (χ0) is 68.6. The van der Waals surface area contributed by atoms with Gasteiger partial charge in [0, 0.05) is 25.7 Å². The monoisotopic (exact) mass is 1370 g/mol. The Morgan fingerprint density at radius 3 is 0.731 bits per heavy atom. The lowest BCUT2D eigenvalue weighted by Crippen LogP contribution is -2.30. The Labute approximate surface area is 568 Å². The van der Waals surface area contributed by atoms with E-state index >= 15 is 0 Å². The third kappa shape index (κ3) is 68.4. The molecular weight excluding hydrogens is 1220 g/mol. The van der Waals surface area contributed by atoms with Gasteiger partial charge in [-0.05, 0) is 37.5 Å². The number of unbranched alkanes of at least 4 members (excludes halogenated alkanes) is 43. The highest BCUT2D eigenvalue weighted by atomic mass is 31.2. The molecule has 0 aromatic carbocycles. The molecule has 19 heteroatoms. The SMILES string of the molecule is CCCCCCCCCCCCCCCCCC(=O)O[C@H](COC(=O)CCCCCCC)COP(=O)(O)OC[C@H](O)COP(=O)(O)OC[C@@H](COC(=O)CCCCCCCCCCCCCCCC(C)C)OC(=O)CCCCCCCCCCCCCCCCC(C)C. The molecule has 0 aliphatic heterocycles. The summed E-state index contributed by atoms with van der Waals surface area (Å²) in [4.78, 5) is 72.5. The molecule has 93 heavy (non-hydrogen) atoms. The van der Waals surface area contributed by atoms with Crippen LogP contribution in [0.3, 0.4) is 0 Å². The van der Waals surface area contributed by atoms with Crippen LogP contribution in [0.2, 0.25) is 0 Å². The molecule has 0 aliphatic rings. The molecule has 0 fully saturated rings. The largest absolute Gasteiger partial charge is 0.472 e. The Morgan fingerprint density at radius 2 is 0.495 bits per heavy atom. The van der Waals surface area contributed by atoms with E-state index in [1.807, 2.05) is 0 Å². The number of hydrogen-bond acceptors (Lipinski definition) is 15. The summed E-state index contributed by atoms with van der Waals surface area (Å²) in [6, 6.07) is 0. The lowest BCUT2D eigenvalue weighted by molar-refractivity contribution is -0.161. The number of aliphatic hydroxyl groups is 1. The van der Waals surface area contributed by atoms with E-state index in [9.17, 15) is 43.2 Å². The fraction of sp³-hybridized carbons (Fsp3) is 0.946. The molecule has 0 saturated heterocycles. The molecule has 3 N–H and O–H groups in total. The van der Waals surface area contributed by atoms with E-state index < -0.39 is 97.5 Å². The highest BCUT2D eigenvalue weighted by Crippen LogP contribution is 2.45. The summed E-state index contributed by atoms with van der Waals surface area (Å²) < 4.78 is 68.3. The second-order valence-corrected chi connectivity index (χ2v) is 30.5. The maximum atomic E-state index is 13.1. The lowest BCUT2D eigenvalue weighted by Gasteiger charge is -2.21. The van der Waals surface area contributed by atoms with Gasteiger partial charge in [0.15, 0.2) is 12.2 Å². The summed E-state index contributed by atoms with van der Waals surface area (Å²) >= 11 is 0. The van der Waals surface area contributed by atoms with Crippen molar-refractivity contribution in [2.75, 3.05) is 39.6 Å². The van der Waals surface area contributed by atoms with Crippen LogP contribution in [0.1, 0.15) is 382 Å². The molecule has 0 spiro atoms. The van der Waals surface area contributed by atoms with Crippen LogP contribution < -0.4 is 0 Å². The van der Waals surface area contributed by atoms with Gasteiger partial charge in [0.1, 0.15) is 19.3 Å². The number of phosphoric acid groups is 2. The average molecular weight is 1370 g/mol. The minimum Gasteiger partial charge on any atom is -0.462 e. The van der Waals surface area contributed by atoms with Crippen LogP contribution in [0.15, 0.2) is 0 Å². The van der Waals surface area contributed by atoms with E-state index in [-0.39, 0.29) is 25.7 Å². The maximum Gasteiger partial charge on any atom is 0.472 e. The standard InChI is InChI=1S/C74H144O17P2/c1-7-9-11-13-14-15-16-17-18-24-30-35-40-46-52-58-73(78)90-69(62-84-71(76)56-50-42-12-10-8-2)64-88-92(80,81)86-60-68(75)61-87-93(82,83)89-65-70(63-85-72(77)57-51-45-39-34-29-26-21-23-28-33-38-44-49-55-67(5)6)91-74(79)59-53-47-41-36-31-25-20-19-22-27-32-37-43-48-54-66(3)4/h66-70,75H,7-65H2,1-6H3,(H,80,81)(H,82,83)/t68-,69+,70+/m0/s1. The molecule has 0 saturated carbocycles. The summed E-state index contributed by atoms with van der Waals surface area (Å²) in [6.07, 6.45) is 53.0. The molecule has 5 atom stereocenters. The quantitative estimate of drug-likeness (QED) is 0.0222. The minimum atomic E-state index is -4.95.